The molecule has 0 aliphatic carbocycles. The molecule has 0 bridgehead atoms. The van der Waals surface area contributed by atoms with Crippen LogP contribution in [-0.4, -0.2) is 17.6 Å². The third kappa shape index (κ3) is 3.81. The summed E-state index contributed by atoms with van der Waals surface area (Å²) in [7, 11) is 0. The molecule has 0 aliphatic rings. The summed E-state index contributed by atoms with van der Waals surface area (Å²) in [5, 5.41) is 0. The van der Waals surface area contributed by atoms with Crippen molar-refractivity contribution >= 4 is 5.97 Å². The highest BCUT2D eigenvalue weighted by molar-refractivity contribution is 5.87. The minimum atomic E-state index is -0.419. The molecule has 1 aromatic heterocycles. The summed E-state index contributed by atoms with van der Waals surface area (Å²) in [6.07, 6.45) is 1.52. The number of carbonyl (C=O) groups is 1. The van der Waals surface area contributed by atoms with Crippen molar-refractivity contribution in [1.29, 1.82) is 0 Å². The molecule has 2 aromatic rings. The fourth-order valence-corrected chi connectivity index (χ4v) is 1.53. The van der Waals surface area contributed by atoms with E-state index in [0.717, 1.165) is 5.56 Å². The number of esters is 1. The molecule has 0 radical (unpaired) electrons. The molecular weight excluding hydrogens is 242 g/mol. The van der Waals surface area contributed by atoms with E-state index in [2.05, 4.69) is 4.98 Å². The Morgan fingerprint density at radius 1 is 1.16 bits per heavy atom. The van der Waals surface area contributed by atoms with Gasteiger partial charge < -0.3 is 9.47 Å². The highest BCUT2D eigenvalue weighted by Crippen LogP contribution is 2.12. The maximum absolute atomic E-state index is 11.4. The van der Waals surface area contributed by atoms with Gasteiger partial charge in [0.2, 0.25) is 0 Å². The first-order valence-electron chi connectivity index (χ1n) is 6.09. The summed E-state index contributed by atoms with van der Waals surface area (Å²) in [6.45, 7) is 2.57. The second-order valence-corrected chi connectivity index (χ2v) is 3.87. The summed E-state index contributed by atoms with van der Waals surface area (Å²) in [6, 6.07) is 13.2. The highest BCUT2D eigenvalue weighted by Gasteiger charge is 2.07. The lowest BCUT2D eigenvalue weighted by molar-refractivity contribution is 0.0519. The van der Waals surface area contributed by atoms with Gasteiger partial charge in [0.25, 0.3) is 0 Å². The van der Waals surface area contributed by atoms with Gasteiger partial charge in [0.05, 0.1) is 12.8 Å². The van der Waals surface area contributed by atoms with E-state index in [0.29, 0.717) is 19.0 Å². The number of rotatable bonds is 5. The smallest absolute Gasteiger partial charge is 0.356 e. The van der Waals surface area contributed by atoms with Crippen molar-refractivity contribution in [3.63, 3.8) is 0 Å². The van der Waals surface area contributed by atoms with Crippen molar-refractivity contribution in [2.24, 2.45) is 0 Å². The normalized spacial score (nSPS) is 9.95. The van der Waals surface area contributed by atoms with Crippen LogP contribution in [0.3, 0.4) is 0 Å². The van der Waals surface area contributed by atoms with Crippen LogP contribution >= 0.6 is 0 Å². The molecule has 0 amide bonds. The summed E-state index contributed by atoms with van der Waals surface area (Å²) in [5.74, 6) is 0.203. The van der Waals surface area contributed by atoms with Gasteiger partial charge in [0, 0.05) is 0 Å². The molecule has 0 aliphatic heterocycles. The molecule has 4 nitrogen and oxygen atoms in total. The summed E-state index contributed by atoms with van der Waals surface area (Å²) >= 11 is 0. The Morgan fingerprint density at radius 2 is 1.95 bits per heavy atom. The molecule has 0 spiro atoms. The van der Waals surface area contributed by atoms with E-state index in [1.165, 1.54) is 6.20 Å². The number of hydrogen-bond acceptors (Lipinski definition) is 4. The number of nitrogens with zero attached hydrogens (tertiary/aromatic N) is 1. The first kappa shape index (κ1) is 13.1. The van der Waals surface area contributed by atoms with Gasteiger partial charge in [0.1, 0.15) is 18.1 Å². The number of aromatic nitrogens is 1. The van der Waals surface area contributed by atoms with Gasteiger partial charge in [-0.1, -0.05) is 30.3 Å². The number of ether oxygens (including phenoxy) is 2. The Labute approximate surface area is 112 Å². The minimum Gasteiger partial charge on any atom is -0.487 e. The molecule has 1 aromatic carbocycles. The molecular formula is C15H15NO3. The van der Waals surface area contributed by atoms with E-state index in [4.69, 9.17) is 9.47 Å². The van der Waals surface area contributed by atoms with Crippen LogP contribution in [0.15, 0.2) is 48.7 Å². The average molecular weight is 257 g/mol. The number of carbonyl (C=O) groups excluding carboxylic acids is 1. The van der Waals surface area contributed by atoms with Crippen molar-refractivity contribution in [3.05, 3.63) is 59.9 Å². The fraction of sp³-hybridized carbons (Fsp3) is 0.200. The Morgan fingerprint density at radius 3 is 2.58 bits per heavy atom. The molecule has 0 N–H and O–H groups in total. The van der Waals surface area contributed by atoms with E-state index in [1.807, 2.05) is 30.3 Å². The van der Waals surface area contributed by atoms with Gasteiger partial charge in [-0.05, 0) is 24.6 Å². The SMILES string of the molecule is CCOC(=O)c1ccc(OCc2ccccc2)cn1. The van der Waals surface area contributed by atoms with Crippen LogP contribution in [0, 0.1) is 0 Å². The molecule has 98 valence electrons. The average Bonchev–Trinajstić information content (AvgIpc) is 2.47. The van der Waals surface area contributed by atoms with E-state index in [-0.39, 0.29) is 5.69 Å². The molecule has 1 heterocycles. The summed E-state index contributed by atoms with van der Waals surface area (Å²) < 4.78 is 10.4. The third-order valence-electron chi connectivity index (χ3n) is 2.47. The second-order valence-electron chi connectivity index (χ2n) is 3.87. The lowest BCUT2D eigenvalue weighted by Gasteiger charge is -2.06. The Hall–Kier alpha value is -2.36. The molecule has 4 heteroatoms. The van der Waals surface area contributed by atoms with E-state index >= 15 is 0 Å². The predicted octanol–water partition coefficient (Wildman–Crippen LogP) is 2.84. The zero-order valence-electron chi connectivity index (χ0n) is 10.7. The van der Waals surface area contributed by atoms with E-state index in [1.54, 1.807) is 19.1 Å². The standard InChI is InChI=1S/C15H15NO3/c1-2-18-15(17)14-9-8-13(10-16-14)19-11-12-6-4-3-5-7-12/h3-10H,2,11H2,1H3. The zero-order chi connectivity index (χ0) is 13.5. The van der Waals surface area contributed by atoms with E-state index < -0.39 is 5.97 Å². The number of hydrogen-bond donors (Lipinski definition) is 0. The lowest BCUT2D eigenvalue weighted by atomic mass is 10.2. The zero-order valence-corrected chi connectivity index (χ0v) is 10.7. The van der Waals surface area contributed by atoms with Crippen LogP contribution < -0.4 is 4.74 Å². The molecule has 0 atom stereocenters. The Balaban J connectivity index is 1.94. The van der Waals surface area contributed by atoms with Crippen molar-refractivity contribution < 1.29 is 14.3 Å². The van der Waals surface area contributed by atoms with Crippen molar-refractivity contribution in [2.45, 2.75) is 13.5 Å². The van der Waals surface area contributed by atoms with Crippen molar-refractivity contribution in [1.82, 2.24) is 4.98 Å². The lowest BCUT2D eigenvalue weighted by Crippen LogP contribution is -2.06. The van der Waals surface area contributed by atoms with Crippen LogP contribution in [0.5, 0.6) is 5.75 Å². The van der Waals surface area contributed by atoms with Gasteiger partial charge in [0.15, 0.2) is 0 Å². The van der Waals surface area contributed by atoms with Gasteiger partial charge in [-0.15, -0.1) is 0 Å². The van der Waals surface area contributed by atoms with Crippen LogP contribution in [0.2, 0.25) is 0 Å². The summed E-state index contributed by atoms with van der Waals surface area (Å²) in [5.41, 5.74) is 1.37. The first-order valence-corrected chi connectivity index (χ1v) is 6.09. The minimum absolute atomic E-state index is 0.286. The molecule has 2 rings (SSSR count). The van der Waals surface area contributed by atoms with E-state index in [9.17, 15) is 4.79 Å². The largest absolute Gasteiger partial charge is 0.487 e. The molecule has 0 fully saturated rings. The van der Waals surface area contributed by atoms with Crippen molar-refractivity contribution in [2.75, 3.05) is 6.61 Å². The molecule has 0 saturated heterocycles. The topological polar surface area (TPSA) is 48.4 Å². The monoisotopic (exact) mass is 257 g/mol. The van der Waals surface area contributed by atoms with Crippen LogP contribution in [0.1, 0.15) is 23.0 Å². The predicted molar refractivity (Wildman–Crippen MR) is 71.0 cm³/mol. The van der Waals surface area contributed by atoms with Crippen LogP contribution in [0.4, 0.5) is 0 Å². The van der Waals surface area contributed by atoms with Crippen molar-refractivity contribution in [3.8, 4) is 5.75 Å². The number of pyridine rings is 1. The van der Waals surface area contributed by atoms with Gasteiger partial charge in [-0.3, -0.25) is 0 Å². The first-order chi connectivity index (χ1) is 9.29. The van der Waals surface area contributed by atoms with Gasteiger partial charge >= 0.3 is 5.97 Å². The molecule has 19 heavy (non-hydrogen) atoms. The van der Waals surface area contributed by atoms with Crippen LogP contribution in [0.25, 0.3) is 0 Å². The Kier molecular flexibility index (Phi) is 4.50. The molecule has 0 unspecified atom stereocenters. The summed E-state index contributed by atoms with van der Waals surface area (Å²) in [4.78, 5) is 15.4. The van der Waals surface area contributed by atoms with Crippen LogP contribution in [-0.2, 0) is 11.3 Å². The number of benzene rings is 1. The molecule has 0 saturated carbocycles. The van der Waals surface area contributed by atoms with Gasteiger partial charge in [-0.2, -0.15) is 0 Å². The van der Waals surface area contributed by atoms with Gasteiger partial charge in [-0.25, -0.2) is 9.78 Å². The quantitative estimate of drug-likeness (QED) is 0.773. The highest BCUT2D eigenvalue weighted by atomic mass is 16.5. The maximum atomic E-state index is 11.4. The fourth-order valence-electron chi connectivity index (χ4n) is 1.53. The second kappa shape index (κ2) is 6.54. The third-order valence-corrected chi connectivity index (χ3v) is 2.47. The maximum Gasteiger partial charge on any atom is 0.356 e. The Bertz CT molecular complexity index is 523.